The molecule has 162 valence electrons. The van der Waals surface area contributed by atoms with Crippen LogP contribution in [0, 0.1) is 0 Å². The van der Waals surface area contributed by atoms with Gasteiger partial charge in [0.05, 0.1) is 23.7 Å². The third kappa shape index (κ3) is 4.88. The van der Waals surface area contributed by atoms with Gasteiger partial charge in [0.2, 0.25) is 0 Å². The van der Waals surface area contributed by atoms with Gasteiger partial charge in [0.15, 0.2) is 0 Å². The number of carbonyl (C=O) groups is 4. The normalized spacial score (nSPS) is 16.0. The summed E-state index contributed by atoms with van der Waals surface area (Å²) in [6.07, 6.45) is 1.46. The molecule has 1 unspecified atom stereocenters. The van der Waals surface area contributed by atoms with Gasteiger partial charge in [0, 0.05) is 11.6 Å². The molecule has 1 aromatic carbocycles. The molecule has 2 aromatic rings. The number of esters is 2. The van der Waals surface area contributed by atoms with Gasteiger partial charge in [-0.05, 0) is 56.8 Å². The van der Waals surface area contributed by atoms with Crippen molar-refractivity contribution >= 4 is 40.9 Å². The van der Waals surface area contributed by atoms with Crippen LogP contribution in [0.4, 0.5) is 4.79 Å². The summed E-state index contributed by atoms with van der Waals surface area (Å²) in [4.78, 5) is 49.6. The number of hydrogen-bond donors (Lipinski definition) is 0. The van der Waals surface area contributed by atoms with Crippen LogP contribution in [0.3, 0.4) is 0 Å². The monoisotopic (exact) mass is 443 g/mol. The Morgan fingerprint density at radius 3 is 2.39 bits per heavy atom. The maximum Gasteiger partial charge on any atom is 0.338 e. The van der Waals surface area contributed by atoms with Crippen molar-refractivity contribution in [1.29, 1.82) is 0 Å². The summed E-state index contributed by atoms with van der Waals surface area (Å²) in [7, 11) is 0. The lowest BCUT2D eigenvalue weighted by atomic mass is 10.1. The van der Waals surface area contributed by atoms with Gasteiger partial charge >= 0.3 is 11.9 Å². The lowest BCUT2D eigenvalue weighted by Crippen LogP contribution is -2.42. The van der Waals surface area contributed by atoms with E-state index in [1.54, 1.807) is 50.2 Å². The van der Waals surface area contributed by atoms with Gasteiger partial charge in [-0.1, -0.05) is 12.1 Å². The highest BCUT2D eigenvalue weighted by atomic mass is 32.2. The van der Waals surface area contributed by atoms with Crippen LogP contribution >= 0.6 is 11.8 Å². The van der Waals surface area contributed by atoms with E-state index >= 15 is 0 Å². The second-order valence-corrected chi connectivity index (χ2v) is 7.47. The quantitative estimate of drug-likeness (QED) is 0.465. The number of amides is 2. The molecule has 31 heavy (non-hydrogen) atoms. The number of benzene rings is 1. The zero-order chi connectivity index (χ0) is 22.5. The molecule has 8 nitrogen and oxygen atoms in total. The molecule has 1 aliphatic heterocycles. The van der Waals surface area contributed by atoms with E-state index in [0.717, 1.165) is 22.2 Å². The average molecular weight is 443 g/mol. The van der Waals surface area contributed by atoms with E-state index in [1.807, 2.05) is 0 Å². The molecule has 0 spiro atoms. The van der Waals surface area contributed by atoms with Gasteiger partial charge < -0.3 is 13.9 Å². The highest BCUT2D eigenvalue weighted by Crippen LogP contribution is 2.34. The van der Waals surface area contributed by atoms with Gasteiger partial charge in [-0.15, -0.1) is 0 Å². The minimum Gasteiger partial charge on any atom is -0.464 e. The van der Waals surface area contributed by atoms with Crippen LogP contribution in [0.1, 0.15) is 36.9 Å². The van der Waals surface area contributed by atoms with Crippen molar-refractivity contribution in [3.8, 4) is 11.3 Å². The first-order chi connectivity index (χ1) is 14.8. The zero-order valence-corrected chi connectivity index (χ0v) is 18.1. The molecular formula is C22H21NO7S. The van der Waals surface area contributed by atoms with E-state index in [4.69, 9.17) is 13.9 Å². The summed E-state index contributed by atoms with van der Waals surface area (Å²) in [6.45, 7) is 5.29. The topological polar surface area (TPSA) is 103 Å². The van der Waals surface area contributed by atoms with Crippen LogP contribution in [0.15, 0.2) is 45.7 Å². The zero-order valence-electron chi connectivity index (χ0n) is 17.2. The van der Waals surface area contributed by atoms with Crippen molar-refractivity contribution in [3.05, 3.63) is 52.6 Å². The van der Waals surface area contributed by atoms with E-state index in [1.165, 1.54) is 13.0 Å². The first kappa shape index (κ1) is 22.4. The van der Waals surface area contributed by atoms with E-state index < -0.39 is 29.1 Å². The van der Waals surface area contributed by atoms with Crippen LogP contribution in [0.5, 0.6) is 0 Å². The first-order valence-electron chi connectivity index (χ1n) is 9.66. The summed E-state index contributed by atoms with van der Waals surface area (Å²) in [5.41, 5.74) is 1.17. The average Bonchev–Trinajstić information content (AvgIpc) is 3.32. The number of carbonyl (C=O) groups excluding carboxylic acids is 4. The van der Waals surface area contributed by atoms with Gasteiger partial charge in [0.1, 0.15) is 17.6 Å². The molecule has 1 aliphatic rings. The molecule has 1 saturated heterocycles. The van der Waals surface area contributed by atoms with Crippen LogP contribution in [0.25, 0.3) is 17.4 Å². The molecule has 0 radical (unpaired) electrons. The predicted molar refractivity (Wildman–Crippen MR) is 114 cm³/mol. The highest BCUT2D eigenvalue weighted by Gasteiger charge is 2.41. The Hall–Kier alpha value is -3.33. The lowest BCUT2D eigenvalue weighted by molar-refractivity contribution is -0.150. The maximum absolute atomic E-state index is 12.6. The Morgan fingerprint density at radius 1 is 1.06 bits per heavy atom. The van der Waals surface area contributed by atoms with Crippen LogP contribution in [-0.4, -0.2) is 47.2 Å². The second kappa shape index (κ2) is 9.65. The van der Waals surface area contributed by atoms with Crippen molar-refractivity contribution in [2.24, 2.45) is 0 Å². The van der Waals surface area contributed by atoms with Crippen molar-refractivity contribution in [1.82, 2.24) is 4.90 Å². The molecule has 2 heterocycles. The fourth-order valence-electron chi connectivity index (χ4n) is 2.88. The number of imide groups is 1. The first-order valence-corrected chi connectivity index (χ1v) is 10.5. The highest BCUT2D eigenvalue weighted by molar-refractivity contribution is 8.18. The van der Waals surface area contributed by atoms with Crippen molar-refractivity contribution in [3.63, 3.8) is 0 Å². The number of furan rings is 1. The molecule has 1 atom stereocenters. The van der Waals surface area contributed by atoms with Crippen molar-refractivity contribution in [2.75, 3.05) is 13.2 Å². The van der Waals surface area contributed by atoms with Crippen LogP contribution in [0.2, 0.25) is 0 Å². The van der Waals surface area contributed by atoms with Gasteiger partial charge in [-0.3, -0.25) is 14.5 Å². The summed E-state index contributed by atoms with van der Waals surface area (Å²) in [5.74, 6) is -0.716. The van der Waals surface area contributed by atoms with Gasteiger partial charge in [-0.2, -0.15) is 0 Å². The van der Waals surface area contributed by atoms with E-state index in [-0.39, 0.29) is 11.5 Å². The Kier molecular flexibility index (Phi) is 6.96. The lowest BCUT2D eigenvalue weighted by Gasteiger charge is -2.19. The smallest absolute Gasteiger partial charge is 0.338 e. The van der Waals surface area contributed by atoms with Crippen molar-refractivity contribution in [2.45, 2.75) is 26.8 Å². The van der Waals surface area contributed by atoms with Crippen molar-refractivity contribution < 1.29 is 33.1 Å². The second-order valence-electron chi connectivity index (χ2n) is 6.48. The largest absolute Gasteiger partial charge is 0.464 e. The summed E-state index contributed by atoms with van der Waals surface area (Å²) in [5, 5.41) is -0.543. The molecule has 0 bridgehead atoms. The molecule has 0 N–H and O–H groups in total. The number of ether oxygens (including phenoxy) is 2. The van der Waals surface area contributed by atoms with E-state index in [2.05, 4.69) is 0 Å². The number of thioether (sulfide) groups is 1. The third-order valence-corrected chi connectivity index (χ3v) is 5.30. The summed E-state index contributed by atoms with van der Waals surface area (Å²) in [6, 6.07) is 9.10. The minimum absolute atomic E-state index is 0.153. The van der Waals surface area contributed by atoms with Gasteiger partial charge in [-0.25, -0.2) is 9.59 Å². The molecule has 0 aliphatic carbocycles. The minimum atomic E-state index is -1.01. The molecular weight excluding hydrogens is 422 g/mol. The Bertz CT molecular complexity index is 1040. The fraction of sp³-hybridized carbons (Fsp3) is 0.273. The molecule has 0 saturated carbocycles. The third-order valence-electron chi connectivity index (χ3n) is 4.42. The van der Waals surface area contributed by atoms with Gasteiger partial charge in [0.25, 0.3) is 11.1 Å². The molecule has 1 fully saturated rings. The predicted octanol–water partition coefficient (Wildman–Crippen LogP) is 4.11. The SMILES string of the molecule is CCOC(=O)c1ccc(-c2ccc(C=C3SC(=O)N(C(C)C(=O)OCC)C3=O)o2)cc1. The number of rotatable bonds is 7. The molecule has 1 aromatic heterocycles. The Balaban J connectivity index is 1.76. The fourth-order valence-corrected chi connectivity index (χ4v) is 3.77. The maximum atomic E-state index is 12.6. The molecule has 9 heteroatoms. The number of nitrogens with zero attached hydrogens (tertiary/aromatic N) is 1. The summed E-state index contributed by atoms with van der Waals surface area (Å²) < 4.78 is 15.6. The number of hydrogen-bond acceptors (Lipinski definition) is 8. The molecule has 2 amide bonds. The Morgan fingerprint density at radius 2 is 1.74 bits per heavy atom. The van der Waals surface area contributed by atoms with E-state index in [0.29, 0.717) is 23.7 Å². The molecule has 3 rings (SSSR count). The van der Waals surface area contributed by atoms with Crippen LogP contribution in [-0.2, 0) is 19.1 Å². The Labute approximate surface area is 183 Å². The van der Waals surface area contributed by atoms with Crippen LogP contribution < -0.4 is 0 Å². The standard InChI is InChI=1S/C22H21NO7S/c1-4-28-20(25)13(3)23-19(24)18(31-22(23)27)12-16-10-11-17(30-16)14-6-8-15(9-7-14)21(26)29-5-2/h6-13H,4-5H2,1-3H3. The van der Waals surface area contributed by atoms with E-state index in [9.17, 15) is 19.2 Å². The summed E-state index contributed by atoms with van der Waals surface area (Å²) >= 11 is 0.735.